The van der Waals surface area contributed by atoms with Crippen molar-refractivity contribution in [3.05, 3.63) is 59.4 Å². The lowest BCUT2D eigenvalue weighted by Crippen LogP contribution is -2.17. The van der Waals surface area contributed by atoms with Gasteiger partial charge < -0.3 is 9.88 Å². The molecule has 25 heavy (non-hydrogen) atoms. The predicted molar refractivity (Wildman–Crippen MR) is 84.8 cm³/mol. The number of carbonyl (C=O) groups excluding carboxylic acids is 1. The van der Waals surface area contributed by atoms with Gasteiger partial charge in [-0.1, -0.05) is 6.07 Å². The van der Waals surface area contributed by atoms with Crippen molar-refractivity contribution in [3.8, 4) is 6.07 Å². The van der Waals surface area contributed by atoms with E-state index in [4.69, 9.17) is 5.26 Å². The van der Waals surface area contributed by atoms with Crippen molar-refractivity contribution in [2.24, 2.45) is 7.05 Å². The Morgan fingerprint density at radius 1 is 1.32 bits per heavy atom. The number of halogens is 3. The van der Waals surface area contributed by atoms with Crippen LogP contribution in [0.1, 0.15) is 21.5 Å². The molecule has 0 aliphatic heterocycles. The molecule has 1 aromatic carbocycles. The number of nitrogens with one attached hydrogen (secondary N) is 1. The minimum Gasteiger partial charge on any atom is -0.336 e. The highest BCUT2D eigenvalue weighted by Gasteiger charge is 2.37. The summed E-state index contributed by atoms with van der Waals surface area (Å²) in [7, 11) is 1.58. The number of fused-ring (bicyclic) bond motifs is 1. The molecule has 1 amide bonds. The van der Waals surface area contributed by atoms with Gasteiger partial charge in [0, 0.05) is 24.2 Å². The number of carbonyl (C=O) groups is 1. The molecule has 0 unspecified atom stereocenters. The van der Waals surface area contributed by atoms with Crippen molar-refractivity contribution in [2.45, 2.75) is 6.18 Å². The van der Waals surface area contributed by atoms with Crippen LogP contribution in [0, 0.1) is 11.3 Å². The molecule has 0 aliphatic carbocycles. The molecule has 0 spiro atoms. The first-order valence-corrected chi connectivity index (χ1v) is 7.14. The third-order valence-corrected chi connectivity index (χ3v) is 3.68. The van der Waals surface area contributed by atoms with E-state index in [0.29, 0.717) is 0 Å². The standard InChI is InChI=1S/C17H11F3N4O/c1-24-6-5-12-14(17(18,19)20)13(9-22-15(12)24)23-16(25)11-4-2-3-10(7-11)8-21/h2-7,9H,1H3,(H,23,25). The molecule has 0 saturated heterocycles. The number of rotatable bonds is 2. The summed E-state index contributed by atoms with van der Waals surface area (Å²) in [4.78, 5) is 16.3. The van der Waals surface area contributed by atoms with Crippen LogP contribution >= 0.6 is 0 Å². The summed E-state index contributed by atoms with van der Waals surface area (Å²) in [5.41, 5.74) is -0.904. The summed E-state index contributed by atoms with van der Waals surface area (Å²) in [5, 5.41) is 11.0. The molecule has 0 bridgehead atoms. The SMILES string of the molecule is Cn1ccc2c(C(F)(F)F)c(NC(=O)c3cccc(C#N)c3)cnc21. The van der Waals surface area contributed by atoms with Gasteiger partial charge in [-0.25, -0.2) is 4.98 Å². The largest absolute Gasteiger partial charge is 0.419 e. The lowest BCUT2D eigenvalue weighted by molar-refractivity contribution is -0.135. The van der Waals surface area contributed by atoms with Crippen molar-refractivity contribution in [2.75, 3.05) is 5.32 Å². The zero-order valence-corrected chi connectivity index (χ0v) is 12.9. The van der Waals surface area contributed by atoms with Gasteiger partial charge >= 0.3 is 6.18 Å². The van der Waals surface area contributed by atoms with E-state index in [1.807, 2.05) is 6.07 Å². The van der Waals surface area contributed by atoms with Gasteiger partial charge in [-0.15, -0.1) is 0 Å². The van der Waals surface area contributed by atoms with E-state index >= 15 is 0 Å². The zero-order valence-electron chi connectivity index (χ0n) is 12.9. The fraction of sp³-hybridized carbons (Fsp3) is 0.118. The minimum absolute atomic E-state index is 0.0836. The lowest BCUT2D eigenvalue weighted by Gasteiger charge is -2.15. The van der Waals surface area contributed by atoms with Gasteiger partial charge in [0.1, 0.15) is 5.65 Å². The van der Waals surface area contributed by atoms with Crippen LogP contribution in [-0.2, 0) is 13.2 Å². The van der Waals surface area contributed by atoms with Crippen LogP contribution in [0.4, 0.5) is 18.9 Å². The van der Waals surface area contributed by atoms with Crippen molar-refractivity contribution in [1.29, 1.82) is 5.26 Å². The number of aryl methyl sites for hydroxylation is 1. The normalized spacial score (nSPS) is 11.3. The number of nitriles is 1. The van der Waals surface area contributed by atoms with Crippen molar-refractivity contribution < 1.29 is 18.0 Å². The summed E-state index contributed by atoms with van der Waals surface area (Å²) in [6, 6.07) is 8.87. The maximum atomic E-state index is 13.5. The number of pyridine rings is 1. The first kappa shape index (κ1) is 16.5. The van der Waals surface area contributed by atoms with Gasteiger partial charge in [0.25, 0.3) is 5.91 Å². The molecule has 0 aliphatic rings. The van der Waals surface area contributed by atoms with Gasteiger partial charge in [-0.05, 0) is 24.3 Å². The first-order chi connectivity index (χ1) is 11.8. The summed E-state index contributed by atoms with van der Waals surface area (Å²) in [5.74, 6) is -0.750. The molecular weight excluding hydrogens is 333 g/mol. The van der Waals surface area contributed by atoms with Gasteiger partial charge in [-0.3, -0.25) is 4.79 Å². The highest BCUT2D eigenvalue weighted by Crippen LogP contribution is 2.39. The number of hydrogen-bond acceptors (Lipinski definition) is 3. The van der Waals surface area contributed by atoms with Crippen LogP contribution in [0.5, 0.6) is 0 Å². The molecule has 0 radical (unpaired) electrons. The number of benzene rings is 1. The molecule has 3 rings (SSSR count). The molecule has 0 fully saturated rings. The molecule has 0 atom stereocenters. The van der Waals surface area contributed by atoms with Gasteiger partial charge in [0.15, 0.2) is 0 Å². The lowest BCUT2D eigenvalue weighted by atomic mass is 10.1. The van der Waals surface area contributed by atoms with Crippen LogP contribution < -0.4 is 5.32 Å². The number of amides is 1. The van der Waals surface area contributed by atoms with E-state index in [0.717, 1.165) is 6.20 Å². The Labute approximate surface area is 140 Å². The third-order valence-electron chi connectivity index (χ3n) is 3.68. The fourth-order valence-corrected chi connectivity index (χ4v) is 2.54. The van der Waals surface area contributed by atoms with Crippen molar-refractivity contribution in [1.82, 2.24) is 9.55 Å². The number of anilines is 1. The van der Waals surface area contributed by atoms with Crippen molar-refractivity contribution in [3.63, 3.8) is 0 Å². The molecular formula is C17H11F3N4O. The molecule has 1 N–H and O–H groups in total. The van der Waals surface area contributed by atoms with Crippen LogP contribution in [0.15, 0.2) is 42.7 Å². The van der Waals surface area contributed by atoms with E-state index in [1.54, 1.807) is 7.05 Å². The maximum Gasteiger partial charge on any atom is 0.419 e. The molecule has 2 heterocycles. The summed E-state index contributed by atoms with van der Waals surface area (Å²) in [6.07, 6.45) is -2.22. The highest BCUT2D eigenvalue weighted by atomic mass is 19.4. The number of nitrogens with zero attached hydrogens (tertiary/aromatic N) is 3. The van der Waals surface area contributed by atoms with E-state index in [2.05, 4.69) is 10.3 Å². The van der Waals surface area contributed by atoms with Gasteiger partial charge in [-0.2, -0.15) is 18.4 Å². The average molecular weight is 344 g/mol. The highest BCUT2D eigenvalue weighted by molar-refractivity contribution is 6.06. The topological polar surface area (TPSA) is 70.7 Å². The van der Waals surface area contributed by atoms with Crippen molar-refractivity contribution >= 4 is 22.6 Å². The average Bonchev–Trinajstić information content (AvgIpc) is 2.94. The predicted octanol–water partition coefficient (Wildman–Crippen LogP) is 3.72. The number of hydrogen-bond donors (Lipinski definition) is 1. The first-order valence-electron chi connectivity index (χ1n) is 7.14. The van der Waals surface area contributed by atoms with E-state index in [-0.39, 0.29) is 22.2 Å². The quantitative estimate of drug-likeness (QED) is 0.770. The second kappa shape index (κ2) is 5.94. The Hall–Kier alpha value is -3.34. The van der Waals surface area contributed by atoms with Gasteiger partial charge in [0.2, 0.25) is 0 Å². The Balaban J connectivity index is 2.06. The van der Waals surface area contributed by atoms with Crippen LogP contribution in [0.2, 0.25) is 0 Å². The molecule has 3 aromatic rings. The van der Waals surface area contributed by atoms with E-state index in [1.165, 1.54) is 41.1 Å². The third kappa shape index (κ3) is 3.04. The summed E-state index contributed by atoms with van der Waals surface area (Å²) < 4.78 is 42.0. The molecule has 2 aromatic heterocycles. The Morgan fingerprint density at radius 2 is 2.08 bits per heavy atom. The number of alkyl halides is 3. The molecule has 126 valence electrons. The van der Waals surface area contributed by atoms with Crippen LogP contribution in [0.3, 0.4) is 0 Å². The van der Waals surface area contributed by atoms with E-state index in [9.17, 15) is 18.0 Å². The van der Waals surface area contributed by atoms with Gasteiger partial charge in [0.05, 0.1) is 29.1 Å². The maximum absolute atomic E-state index is 13.5. The van der Waals surface area contributed by atoms with Crippen LogP contribution in [-0.4, -0.2) is 15.5 Å². The summed E-state index contributed by atoms with van der Waals surface area (Å²) >= 11 is 0. The molecule has 5 nitrogen and oxygen atoms in total. The Morgan fingerprint density at radius 3 is 2.76 bits per heavy atom. The minimum atomic E-state index is -4.67. The molecule has 0 saturated carbocycles. The Kier molecular flexibility index (Phi) is 3.93. The smallest absolute Gasteiger partial charge is 0.336 e. The summed E-state index contributed by atoms with van der Waals surface area (Å²) in [6.45, 7) is 0. The van der Waals surface area contributed by atoms with Crippen LogP contribution in [0.25, 0.3) is 11.0 Å². The zero-order chi connectivity index (χ0) is 18.2. The second-order valence-corrected chi connectivity index (χ2v) is 5.36. The van der Waals surface area contributed by atoms with E-state index < -0.39 is 23.3 Å². The fourth-order valence-electron chi connectivity index (χ4n) is 2.54. The monoisotopic (exact) mass is 344 g/mol. The second-order valence-electron chi connectivity index (χ2n) is 5.36. The molecule has 8 heteroatoms. The number of aromatic nitrogens is 2. The Bertz CT molecular complexity index is 1010.